The Morgan fingerprint density at radius 1 is 0.905 bits per heavy atom. The average Bonchev–Trinajstić information content (AvgIpc) is 2.46. The standard InChI is InChI=1S/C17H13ClO3/c1-10-4-3-5-14(17(18)21)15(10)16(20)13-8-6-12(7-9-13)11(2)19/h3-9H,1-2H3. The van der Waals surface area contributed by atoms with E-state index in [1.807, 2.05) is 0 Å². The third-order valence-electron chi connectivity index (χ3n) is 3.27. The molecule has 0 aromatic heterocycles. The Labute approximate surface area is 127 Å². The highest BCUT2D eigenvalue weighted by Crippen LogP contribution is 2.21. The molecule has 0 aliphatic heterocycles. The highest BCUT2D eigenvalue weighted by molar-refractivity contribution is 6.68. The van der Waals surface area contributed by atoms with E-state index in [1.165, 1.54) is 13.0 Å². The van der Waals surface area contributed by atoms with Crippen molar-refractivity contribution in [2.45, 2.75) is 13.8 Å². The molecule has 21 heavy (non-hydrogen) atoms. The van der Waals surface area contributed by atoms with Gasteiger partial charge in [-0.2, -0.15) is 0 Å². The second-order valence-corrected chi connectivity index (χ2v) is 5.08. The zero-order chi connectivity index (χ0) is 15.6. The Morgan fingerprint density at radius 3 is 2.00 bits per heavy atom. The van der Waals surface area contributed by atoms with Crippen molar-refractivity contribution in [3.63, 3.8) is 0 Å². The Hall–Kier alpha value is -2.26. The summed E-state index contributed by atoms with van der Waals surface area (Å²) in [6, 6.07) is 11.3. The van der Waals surface area contributed by atoms with Crippen LogP contribution >= 0.6 is 11.6 Å². The van der Waals surface area contributed by atoms with Crippen molar-refractivity contribution < 1.29 is 14.4 Å². The van der Waals surface area contributed by atoms with Crippen molar-refractivity contribution in [2.24, 2.45) is 0 Å². The molecule has 0 bridgehead atoms. The van der Waals surface area contributed by atoms with Gasteiger partial charge in [0, 0.05) is 22.3 Å². The fourth-order valence-electron chi connectivity index (χ4n) is 2.13. The molecule has 0 radical (unpaired) electrons. The number of benzene rings is 2. The van der Waals surface area contributed by atoms with E-state index in [0.29, 0.717) is 22.3 Å². The molecule has 0 heterocycles. The van der Waals surface area contributed by atoms with Crippen LogP contribution in [0.3, 0.4) is 0 Å². The van der Waals surface area contributed by atoms with E-state index in [1.54, 1.807) is 43.3 Å². The molecular weight excluding hydrogens is 288 g/mol. The van der Waals surface area contributed by atoms with Crippen molar-refractivity contribution in [3.05, 3.63) is 70.3 Å². The van der Waals surface area contributed by atoms with E-state index in [0.717, 1.165) is 0 Å². The van der Waals surface area contributed by atoms with Gasteiger partial charge in [0.1, 0.15) is 0 Å². The zero-order valence-electron chi connectivity index (χ0n) is 11.6. The maximum absolute atomic E-state index is 12.6. The fraction of sp³-hybridized carbons (Fsp3) is 0.118. The minimum atomic E-state index is -0.664. The van der Waals surface area contributed by atoms with Gasteiger partial charge in [0.15, 0.2) is 11.6 Å². The highest BCUT2D eigenvalue weighted by atomic mass is 35.5. The maximum Gasteiger partial charge on any atom is 0.253 e. The molecule has 0 saturated heterocycles. The lowest BCUT2D eigenvalue weighted by Gasteiger charge is -2.09. The highest BCUT2D eigenvalue weighted by Gasteiger charge is 2.19. The van der Waals surface area contributed by atoms with E-state index in [9.17, 15) is 14.4 Å². The van der Waals surface area contributed by atoms with Crippen molar-refractivity contribution in [2.75, 3.05) is 0 Å². The topological polar surface area (TPSA) is 51.2 Å². The van der Waals surface area contributed by atoms with E-state index in [-0.39, 0.29) is 17.1 Å². The second-order valence-electron chi connectivity index (χ2n) is 4.73. The first-order chi connectivity index (χ1) is 9.91. The summed E-state index contributed by atoms with van der Waals surface area (Å²) in [5.74, 6) is -0.353. The van der Waals surface area contributed by atoms with Crippen molar-refractivity contribution in [1.82, 2.24) is 0 Å². The predicted octanol–water partition coefficient (Wildman–Crippen LogP) is 3.81. The molecule has 2 aromatic carbocycles. The number of ketones is 2. The first-order valence-electron chi connectivity index (χ1n) is 6.37. The van der Waals surface area contributed by atoms with Crippen LogP contribution in [0.1, 0.15) is 49.1 Å². The molecule has 0 atom stereocenters. The number of aryl methyl sites for hydroxylation is 1. The number of Topliss-reactive ketones (excluding diaryl/α,β-unsaturated/α-hetero) is 1. The number of hydrogen-bond acceptors (Lipinski definition) is 3. The van der Waals surface area contributed by atoms with Gasteiger partial charge in [-0.15, -0.1) is 0 Å². The fourth-order valence-corrected chi connectivity index (χ4v) is 2.29. The zero-order valence-corrected chi connectivity index (χ0v) is 12.4. The van der Waals surface area contributed by atoms with Gasteiger partial charge < -0.3 is 0 Å². The van der Waals surface area contributed by atoms with Gasteiger partial charge in [-0.05, 0) is 37.1 Å². The number of hydrogen-bond donors (Lipinski definition) is 0. The van der Waals surface area contributed by atoms with Crippen molar-refractivity contribution in [3.8, 4) is 0 Å². The Morgan fingerprint density at radius 2 is 1.48 bits per heavy atom. The summed E-state index contributed by atoms with van der Waals surface area (Å²) >= 11 is 5.54. The molecule has 0 fully saturated rings. The van der Waals surface area contributed by atoms with E-state index in [4.69, 9.17) is 11.6 Å². The monoisotopic (exact) mass is 300 g/mol. The first-order valence-corrected chi connectivity index (χ1v) is 6.74. The largest absolute Gasteiger partial charge is 0.295 e. The normalized spacial score (nSPS) is 10.2. The summed E-state index contributed by atoms with van der Waals surface area (Å²) in [6.07, 6.45) is 0. The summed E-state index contributed by atoms with van der Waals surface area (Å²) in [5.41, 5.74) is 2.12. The van der Waals surface area contributed by atoms with Crippen LogP contribution in [0.25, 0.3) is 0 Å². The lowest BCUT2D eigenvalue weighted by molar-refractivity contribution is 0.101. The van der Waals surface area contributed by atoms with Crippen LogP contribution in [-0.4, -0.2) is 16.8 Å². The lowest BCUT2D eigenvalue weighted by atomic mass is 9.94. The molecule has 106 valence electrons. The van der Waals surface area contributed by atoms with E-state index < -0.39 is 5.24 Å². The molecule has 0 unspecified atom stereocenters. The van der Waals surface area contributed by atoms with Crippen LogP contribution in [0, 0.1) is 6.92 Å². The molecule has 0 aliphatic carbocycles. The van der Waals surface area contributed by atoms with Gasteiger partial charge in [0.05, 0.1) is 0 Å². The average molecular weight is 301 g/mol. The van der Waals surface area contributed by atoms with Gasteiger partial charge >= 0.3 is 0 Å². The molecule has 2 aromatic rings. The van der Waals surface area contributed by atoms with Crippen LogP contribution in [0.4, 0.5) is 0 Å². The lowest BCUT2D eigenvalue weighted by Crippen LogP contribution is -2.10. The predicted molar refractivity (Wildman–Crippen MR) is 81.2 cm³/mol. The number of carbonyl (C=O) groups is 3. The van der Waals surface area contributed by atoms with Crippen LogP contribution in [0.15, 0.2) is 42.5 Å². The summed E-state index contributed by atoms with van der Waals surface area (Å²) < 4.78 is 0. The van der Waals surface area contributed by atoms with Crippen molar-refractivity contribution >= 4 is 28.4 Å². The van der Waals surface area contributed by atoms with Crippen LogP contribution in [0.2, 0.25) is 0 Å². The first kappa shape index (κ1) is 15.1. The van der Waals surface area contributed by atoms with Gasteiger partial charge in [-0.1, -0.05) is 36.4 Å². The Balaban J connectivity index is 2.50. The van der Waals surface area contributed by atoms with Gasteiger partial charge in [0.25, 0.3) is 5.24 Å². The molecule has 0 spiro atoms. The minimum absolute atomic E-state index is 0.0680. The Kier molecular flexibility index (Phi) is 4.34. The molecular formula is C17H13ClO3. The number of rotatable bonds is 4. The number of carbonyl (C=O) groups excluding carboxylic acids is 3. The van der Waals surface area contributed by atoms with Crippen LogP contribution in [-0.2, 0) is 0 Å². The molecule has 0 saturated carbocycles. The molecule has 0 N–H and O–H groups in total. The molecule has 0 amide bonds. The Bertz CT molecular complexity index is 730. The van der Waals surface area contributed by atoms with Gasteiger partial charge in [-0.25, -0.2) is 0 Å². The number of halogens is 1. The molecule has 2 rings (SSSR count). The molecule has 3 nitrogen and oxygen atoms in total. The summed E-state index contributed by atoms with van der Waals surface area (Å²) in [5, 5.41) is -0.664. The molecule has 4 heteroatoms. The third kappa shape index (κ3) is 3.09. The quantitative estimate of drug-likeness (QED) is 0.637. The summed E-state index contributed by atoms with van der Waals surface area (Å²) in [7, 11) is 0. The molecule has 0 aliphatic rings. The van der Waals surface area contributed by atoms with Gasteiger partial charge in [-0.3, -0.25) is 14.4 Å². The summed E-state index contributed by atoms with van der Waals surface area (Å²) in [4.78, 5) is 35.3. The third-order valence-corrected chi connectivity index (χ3v) is 3.47. The van der Waals surface area contributed by atoms with Crippen LogP contribution in [0.5, 0.6) is 0 Å². The maximum atomic E-state index is 12.6. The van der Waals surface area contributed by atoms with Crippen LogP contribution < -0.4 is 0 Å². The SMILES string of the molecule is CC(=O)c1ccc(C(=O)c2c(C)cccc2C(=O)Cl)cc1. The smallest absolute Gasteiger partial charge is 0.253 e. The van der Waals surface area contributed by atoms with Crippen molar-refractivity contribution in [1.29, 1.82) is 0 Å². The van der Waals surface area contributed by atoms with E-state index >= 15 is 0 Å². The van der Waals surface area contributed by atoms with Gasteiger partial charge in [0.2, 0.25) is 0 Å². The van der Waals surface area contributed by atoms with E-state index in [2.05, 4.69) is 0 Å². The second kappa shape index (κ2) is 6.02. The minimum Gasteiger partial charge on any atom is -0.295 e. The summed E-state index contributed by atoms with van der Waals surface area (Å²) in [6.45, 7) is 3.21.